The van der Waals surface area contributed by atoms with Gasteiger partial charge in [0, 0.05) is 11.8 Å². The second-order valence-electron chi connectivity index (χ2n) is 4.20. The second-order valence-corrected chi connectivity index (χ2v) is 4.20. The largest absolute Gasteiger partial charge is 0.397 e. The first-order chi connectivity index (χ1) is 9.97. The van der Waals surface area contributed by atoms with E-state index in [1.165, 1.54) is 12.3 Å². The van der Waals surface area contributed by atoms with Gasteiger partial charge in [-0.2, -0.15) is 0 Å². The minimum absolute atomic E-state index is 0.147. The number of nitrogen functional groups attached to an aromatic ring is 1. The molecule has 0 bridgehead atoms. The summed E-state index contributed by atoms with van der Waals surface area (Å²) in [4.78, 5) is 25.8. The Morgan fingerprint density at radius 2 is 2.14 bits per heavy atom. The van der Waals surface area contributed by atoms with Gasteiger partial charge < -0.3 is 11.1 Å². The van der Waals surface area contributed by atoms with Crippen LogP contribution in [0.15, 0.2) is 36.5 Å². The van der Waals surface area contributed by atoms with E-state index in [0.29, 0.717) is 11.4 Å². The van der Waals surface area contributed by atoms with Gasteiger partial charge in [-0.05, 0) is 18.2 Å². The Morgan fingerprint density at radius 1 is 1.38 bits per heavy atom. The van der Waals surface area contributed by atoms with E-state index in [1.807, 2.05) is 0 Å². The zero-order valence-corrected chi connectivity index (χ0v) is 10.7. The van der Waals surface area contributed by atoms with Crippen LogP contribution in [-0.2, 0) is 11.2 Å². The highest BCUT2D eigenvalue weighted by molar-refractivity contribution is 5.94. The molecule has 0 spiro atoms. The van der Waals surface area contributed by atoms with Crippen LogP contribution in [-0.4, -0.2) is 15.8 Å². The monoisotopic (exact) mass is 290 g/mol. The van der Waals surface area contributed by atoms with Crippen molar-refractivity contribution in [2.24, 2.45) is 0 Å². The predicted octanol–water partition coefficient (Wildman–Crippen LogP) is 1.89. The Hall–Kier alpha value is -3.03. The lowest BCUT2D eigenvalue weighted by molar-refractivity contribution is -0.384. The van der Waals surface area contributed by atoms with E-state index >= 15 is 0 Å². The number of hydrogen-bond acceptors (Lipinski definition) is 5. The molecule has 3 N–H and O–H groups in total. The molecule has 0 aliphatic heterocycles. The molecule has 0 fully saturated rings. The number of para-hydroxylation sites is 1. The van der Waals surface area contributed by atoms with Crippen LogP contribution in [0.1, 0.15) is 5.69 Å². The molecule has 2 aromatic rings. The molecule has 0 radical (unpaired) electrons. The van der Waals surface area contributed by atoms with Gasteiger partial charge >= 0.3 is 0 Å². The summed E-state index contributed by atoms with van der Waals surface area (Å²) in [5, 5.41) is 13.0. The fourth-order valence-corrected chi connectivity index (χ4v) is 1.68. The zero-order valence-electron chi connectivity index (χ0n) is 10.7. The van der Waals surface area contributed by atoms with Gasteiger partial charge in [0.15, 0.2) is 11.5 Å². The van der Waals surface area contributed by atoms with Crippen LogP contribution in [0.2, 0.25) is 0 Å². The first-order valence-corrected chi connectivity index (χ1v) is 5.90. The van der Waals surface area contributed by atoms with Gasteiger partial charge in [-0.1, -0.05) is 6.07 Å². The summed E-state index contributed by atoms with van der Waals surface area (Å²) < 4.78 is 13.6. The van der Waals surface area contributed by atoms with Crippen molar-refractivity contribution < 1.29 is 14.1 Å². The Balaban J connectivity index is 2.16. The predicted molar refractivity (Wildman–Crippen MR) is 74.0 cm³/mol. The van der Waals surface area contributed by atoms with Gasteiger partial charge in [-0.15, -0.1) is 0 Å². The van der Waals surface area contributed by atoms with E-state index in [2.05, 4.69) is 10.3 Å². The number of anilines is 2. The van der Waals surface area contributed by atoms with E-state index in [1.54, 1.807) is 12.1 Å². The van der Waals surface area contributed by atoms with Crippen molar-refractivity contribution in [1.29, 1.82) is 0 Å². The van der Waals surface area contributed by atoms with Crippen LogP contribution in [0.4, 0.5) is 21.5 Å². The minimum Gasteiger partial charge on any atom is -0.397 e. The fraction of sp³-hybridized carbons (Fsp3) is 0.0769. The van der Waals surface area contributed by atoms with Gasteiger partial charge in [0.25, 0.3) is 5.69 Å². The maximum absolute atomic E-state index is 13.6. The summed E-state index contributed by atoms with van der Waals surface area (Å²) >= 11 is 0. The van der Waals surface area contributed by atoms with Crippen molar-refractivity contribution in [1.82, 2.24) is 4.98 Å². The molecule has 0 saturated carbocycles. The van der Waals surface area contributed by atoms with Crippen LogP contribution < -0.4 is 11.1 Å². The number of pyridine rings is 1. The topological polar surface area (TPSA) is 111 Å². The lowest BCUT2D eigenvalue weighted by Gasteiger charge is -2.07. The molecule has 21 heavy (non-hydrogen) atoms. The number of halogens is 1. The molecule has 1 aromatic carbocycles. The highest BCUT2D eigenvalue weighted by Crippen LogP contribution is 2.27. The van der Waals surface area contributed by atoms with Crippen molar-refractivity contribution in [3.8, 4) is 0 Å². The number of aromatic nitrogens is 1. The van der Waals surface area contributed by atoms with Crippen molar-refractivity contribution in [2.75, 3.05) is 11.1 Å². The maximum atomic E-state index is 13.6. The molecular weight excluding hydrogens is 279 g/mol. The molecule has 7 nitrogen and oxygen atoms in total. The third-order valence-corrected chi connectivity index (χ3v) is 2.64. The Bertz CT molecular complexity index is 688. The SMILES string of the molecule is Nc1ccc(CC(=O)Nc2c(F)cccc2[N+](=O)[O-])nc1. The number of amides is 1. The molecule has 1 aromatic heterocycles. The van der Waals surface area contributed by atoms with Gasteiger partial charge in [-0.3, -0.25) is 19.9 Å². The summed E-state index contributed by atoms with van der Waals surface area (Å²) in [7, 11) is 0. The number of carbonyl (C=O) groups is 1. The summed E-state index contributed by atoms with van der Waals surface area (Å²) in [6.07, 6.45) is 1.24. The average molecular weight is 290 g/mol. The standard InChI is InChI=1S/C13H11FN4O3/c14-10-2-1-3-11(18(20)21)13(10)17-12(19)6-9-5-4-8(15)7-16-9/h1-5,7H,6,15H2,(H,17,19). The van der Waals surface area contributed by atoms with Crippen LogP contribution in [0.3, 0.4) is 0 Å². The number of rotatable bonds is 4. The number of nitrogens with zero attached hydrogens (tertiary/aromatic N) is 2. The Labute approximate surface area is 118 Å². The summed E-state index contributed by atoms with van der Waals surface area (Å²) in [6, 6.07) is 6.46. The number of nitro groups is 1. The van der Waals surface area contributed by atoms with E-state index in [4.69, 9.17) is 5.73 Å². The van der Waals surface area contributed by atoms with Crippen molar-refractivity contribution in [3.63, 3.8) is 0 Å². The van der Waals surface area contributed by atoms with E-state index in [9.17, 15) is 19.3 Å². The summed E-state index contributed by atoms with van der Waals surface area (Å²) in [6.45, 7) is 0. The van der Waals surface area contributed by atoms with Crippen LogP contribution >= 0.6 is 0 Å². The van der Waals surface area contributed by atoms with Gasteiger partial charge in [0.1, 0.15) is 0 Å². The maximum Gasteiger partial charge on any atom is 0.295 e. The molecular formula is C13H11FN4O3. The highest BCUT2D eigenvalue weighted by atomic mass is 19.1. The average Bonchev–Trinajstić information content (AvgIpc) is 2.43. The van der Waals surface area contributed by atoms with E-state index in [-0.39, 0.29) is 6.42 Å². The first kappa shape index (κ1) is 14.4. The van der Waals surface area contributed by atoms with Crippen molar-refractivity contribution >= 4 is 23.0 Å². The number of carbonyl (C=O) groups excluding carboxylic acids is 1. The number of nitro benzene ring substituents is 1. The lowest BCUT2D eigenvalue weighted by Crippen LogP contribution is -2.17. The second kappa shape index (κ2) is 5.95. The minimum atomic E-state index is -0.872. The van der Waals surface area contributed by atoms with Gasteiger partial charge in [0.2, 0.25) is 5.91 Å². The van der Waals surface area contributed by atoms with Crippen molar-refractivity contribution in [3.05, 3.63) is 58.2 Å². The third-order valence-electron chi connectivity index (χ3n) is 2.64. The van der Waals surface area contributed by atoms with Crippen LogP contribution in [0.5, 0.6) is 0 Å². The molecule has 1 heterocycles. The smallest absolute Gasteiger partial charge is 0.295 e. The first-order valence-electron chi connectivity index (χ1n) is 5.90. The third kappa shape index (κ3) is 3.50. The number of nitrogens with one attached hydrogen (secondary N) is 1. The Morgan fingerprint density at radius 3 is 2.76 bits per heavy atom. The number of nitrogens with two attached hydrogens (primary N) is 1. The van der Waals surface area contributed by atoms with Gasteiger partial charge in [-0.25, -0.2) is 4.39 Å². The lowest BCUT2D eigenvalue weighted by atomic mass is 10.2. The van der Waals surface area contributed by atoms with E-state index in [0.717, 1.165) is 12.1 Å². The van der Waals surface area contributed by atoms with Crippen LogP contribution in [0.25, 0.3) is 0 Å². The molecule has 0 saturated heterocycles. The number of hydrogen-bond donors (Lipinski definition) is 2. The summed E-state index contributed by atoms with van der Waals surface area (Å²) in [5.74, 6) is -1.48. The molecule has 0 unspecified atom stereocenters. The molecule has 2 rings (SSSR count). The van der Waals surface area contributed by atoms with E-state index < -0.39 is 28.0 Å². The number of benzene rings is 1. The quantitative estimate of drug-likeness (QED) is 0.659. The molecule has 8 heteroatoms. The molecule has 0 aliphatic carbocycles. The molecule has 0 atom stereocenters. The Kier molecular flexibility index (Phi) is 4.07. The van der Waals surface area contributed by atoms with Crippen molar-refractivity contribution in [2.45, 2.75) is 6.42 Å². The van der Waals surface area contributed by atoms with Gasteiger partial charge in [0.05, 0.1) is 23.2 Å². The summed E-state index contributed by atoms with van der Waals surface area (Å²) in [5.41, 5.74) is 5.37. The zero-order chi connectivity index (χ0) is 15.4. The molecule has 1 amide bonds. The molecule has 108 valence electrons. The normalized spacial score (nSPS) is 10.1. The van der Waals surface area contributed by atoms with Crippen LogP contribution in [0, 0.1) is 15.9 Å². The fourth-order valence-electron chi connectivity index (χ4n) is 1.68. The highest BCUT2D eigenvalue weighted by Gasteiger charge is 2.20. The molecule has 0 aliphatic rings.